The van der Waals surface area contributed by atoms with Gasteiger partial charge in [-0.2, -0.15) is 5.26 Å². The molecule has 1 aromatic heterocycles. The van der Waals surface area contributed by atoms with Gasteiger partial charge in [0.2, 0.25) is 0 Å². The molecule has 0 aliphatic rings. The van der Waals surface area contributed by atoms with Crippen molar-refractivity contribution in [3.8, 4) is 23.2 Å². The maximum atomic E-state index is 8.67. The van der Waals surface area contributed by atoms with Gasteiger partial charge < -0.3 is 9.72 Å². The van der Waals surface area contributed by atoms with E-state index in [9.17, 15) is 0 Å². The van der Waals surface area contributed by atoms with E-state index in [1.807, 2.05) is 37.3 Å². The third-order valence-corrected chi connectivity index (χ3v) is 2.14. The lowest BCUT2D eigenvalue weighted by Gasteiger charge is -2.02. The molecule has 0 bridgehead atoms. The van der Waals surface area contributed by atoms with Gasteiger partial charge in [0.25, 0.3) is 0 Å². The predicted octanol–water partition coefficient (Wildman–Crippen LogP) is 2.35. The summed E-state index contributed by atoms with van der Waals surface area (Å²) in [5.74, 6) is 1.53. The first-order valence-corrected chi connectivity index (χ1v) is 5.02. The summed E-state index contributed by atoms with van der Waals surface area (Å²) in [7, 11) is 0. The van der Waals surface area contributed by atoms with Gasteiger partial charge in [-0.3, -0.25) is 0 Å². The highest BCUT2D eigenvalue weighted by atomic mass is 16.5. The van der Waals surface area contributed by atoms with Crippen molar-refractivity contribution in [3.63, 3.8) is 0 Å². The van der Waals surface area contributed by atoms with E-state index < -0.39 is 0 Å². The molecule has 0 atom stereocenters. The molecule has 4 heteroatoms. The minimum Gasteiger partial charge on any atom is -0.494 e. The van der Waals surface area contributed by atoms with Crippen molar-refractivity contribution in [2.45, 2.75) is 6.92 Å². The van der Waals surface area contributed by atoms with E-state index in [1.165, 1.54) is 6.20 Å². The second-order valence-corrected chi connectivity index (χ2v) is 3.21. The number of aromatic nitrogens is 2. The van der Waals surface area contributed by atoms with Crippen molar-refractivity contribution in [2.75, 3.05) is 6.61 Å². The molecule has 0 aliphatic heterocycles. The lowest BCUT2D eigenvalue weighted by atomic mass is 10.2. The topological polar surface area (TPSA) is 61.7 Å². The molecule has 80 valence electrons. The fourth-order valence-electron chi connectivity index (χ4n) is 1.40. The zero-order valence-corrected chi connectivity index (χ0v) is 8.90. The average molecular weight is 213 g/mol. The number of rotatable bonds is 3. The third kappa shape index (κ3) is 2.04. The molecule has 0 unspecified atom stereocenters. The molecule has 2 aromatic rings. The fourth-order valence-corrected chi connectivity index (χ4v) is 1.40. The molecular formula is C12H11N3O. The van der Waals surface area contributed by atoms with Crippen LogP contribution in [0.4, 0.5) is 0 Å². The number of nitrogens with one attached hydrogen (secondary N) is 1. The van der Waals surface area contributed by atoms with Gasteiger partial charge in [-0.1, -0.05) is 0 Å². The Morgan fingerprint density at radius 2 is 2.12 bits per heavy atom. The number of nitriles is 1. The molecule has 0 fully saturated rings. The first kappa shape index (κ1) is 10.2. The number of hydrogen-bond donors (Lipinski definition) is 1. The van der Waals surface area contributed by atoms with Crippen molar-refractivity contribution in [1.82, 2.24) is 9.97 Å². The molecule has 0 spiro atoms. The Hall–Kier alpha value is -2.28. The molecule has 2 rings (SSSR count). The van der Waals surface area contributed by atoms with Gasteiger partial charge in [0.15, 0.2) is 0 Å². The number of nitrogens with zero attached hydrogens (tertiary/aromatic N) is 2. The highest BCUT2D eigenvalue weighted by molar-refractivity contribution is 5.57. The van der Waals surface area contributed by atoms with Gasteiger partial charge >= 0.3 is 0 Å². The Morgan fingerprint density at radius 3 is 2.69 bits per heavy atom. The lowest BCUT2D eigenvalue weighted by Crippen LogP contribution is -1.90. The van der Waals surface area contributed by atoms with Crippen LogP contribution < -0.4 is 4.74 Å². The molecule has 0 aliphatic carbocycles. The molecule has 0 amide bonds. The number of aromatic amines is 1. The average Bonchev–Trinajstić information content (AvgIpc) is 2.79. The van der Waals surface area contributed by atoms with E-state index in [0.717, 1.165) is 11.3 Å². The van der Waals surface area contributed by atoms with Gasteiger partial charge in [0, 0.05) is 5.56 Å². The Morgan fingerprint density at radius 1 is 1.38 bits per heavy atom. The van der Waals surface area contributed by atoms with E-state index in [1.54, 1.807) is 0 Å². The van der Waals surface area contributed by atoms with Crippen molar-refractivity contribution in [3.05, 3.63) is 36.2 Å². The molecule has 1 aromatic carbocycles. The van der Waals surface area contributed by atoms with Gasteiger partial charge in [-0.05, 0) is 31.2 Å². The molecule has 1 N–H and O–H groups in total. The Bertz CT molecular complexity index is 508. The van der Waals surface area contributed by atoms with Crippen molar-refractivity contribution in [2.24, 2.45) is 0 Å². The van der Waals surface area contributed by atoms with Crippen LogP contribution in [0.1, 0.15) is 12.6 Å². The third-order valence-electron chi connectivity index (χ3n) is 2.14. The van der Waals surface area contributed by atoms with Crippen LogP contribution in [0.25, 0.3) is 11.4 Å². The van der Waals surface area contributed by atoms with Crippen LogP contribution in [0.15, 0.2) is 30.5 Å². The highest BCUT2D eigenvalue weighted by Crippen LogP contribution is 2.19. The number of ether oxygens (including phenoxy) is 1. The highest BCUT2D eigenvalue weighted by Gasteiger charge is 2.02. The summed E-state index contributed by atoms with van der Waals surface area (Å²) >= 11 is 0. The maximum Gasteiger partial charge on any atom is 0.138 e. The summed E-state index contributed by atoms with van der Waals surface area (Å²) in [6.45, 7) is 2.60. The first-order valence-electron chi connectivity index (χ1n) is 5.02. The molecule has 0 radical (unpaired) electrons. The van der Waals surface area contributed by atoms with Crippen LogP contribution in [0.2, 0.25) is 0 Å². The molecule has 1 heterocycles. The normalized spacial score (nSPS) is 9.75. The van der Waals surface area contributed by atoms with E-state index in [-0.39, 0.29) is 0 Å². The number of hydrogen-bond acceptors (Lipinski definition) is 3. The standard InChI is InChI=1S/C12H11N3O/c1-2-16-11-5-3-9(4-6-11)12-14-8-10(7-13)15-12/h3-6,8H,2H2,1H3,(H,14,15). The van der Waals surface area contributed by atoms with Crippen molar-refractivity contribution in [1.29, 1.82) is 5.26 Å². The van der Waals surface area contributed by atoms with Crippen LogP contribution in [0.3, 0.4) is 0 Å². The summed E-state index contributed by atoms with van der Waals surface area (Å²) in [6, 6.07) is 9.59. The molecule has 4 nitrogen and oxygen atoms in total. The van der Waals surface area contributed by atoms with Crippen LogP contribution in [-0.2, 0) is 0 Å². The zero-order chi connectivity index (χ0) is 11.4. The smallest absolute Gasteiger partial charge is 0.138 e. The lowest BCUT2D eigenvalue weighted by molar-refractivity contribution is 0.340. The van der Waals surface area contributed by atoms with Crippen LogP contribution in [0, 0.1) is 11.3 Å². The fraction of sp³-hybridized carbons (Fsp3) is 0.167. The molecule has 16 heavy (non-hydrogen) atoms. The van der Waals surface area contributed by atoms with Crippen molar-refractivity contribution < 1.29 is 4.74 Å². The second kappa shape index (κ2) is 4.49. The Balaban J connectivity index is 2.24. The first-order chi connectivity index (χ1) is 7.83. The number of imidazole rings is 1. The van der Waals surface area contributed by atoms with E-state index in [0.29, 0.717) is 18.1 Å². The largest absolute Gasteiger partial charge is 0.494 e. The number of H-pyrrole nitrogens is 1. The Kier molecular flexibility index (Phi) is 2.88. The SMILES string of the molecule is CCOc1ccc(-c2ncc(C#N)[nH]2)cc1. The van der Waals surface area contributed by atoms with Crippen LogP contribution in [-0.4, -0.2) is 16.6 Å². The van der Waals surface area contributed by atoms with E-state index >= 15 is 0 Å². The monoisotopic (exact) mass is 213 g/mol. The zero-order valence-electron chi connectivity index (χ0n) is 8.90. The van der Waals surface area contributed by atoms with Gasteiger partial charge in [-0.25, -0.2) is 4.98 Å². The molecular weight excluding hydrogens is 202 g/mol. The molecule has 0 saturated carbocycles. The summed E-state index contributed by atoms with van der Waals surface area (Å²) in [5, 5.41) is 8.67. The second-order valence-electron chi connectivity index (χ2n) is 3.21. The number of benzene rings is 1. The minimum atomic E-state index is 0.462. The summed E-state index contributed by atoms with van der Waals surface area (Å²) in [4.78, 5) is 7.03. The van der Waals surface area contributed by atoms with Crippen LogP contribution in [0.5, 0.6) is 5.75 Å². The van der Waals surface area contributed by atoms with Crippen LogP contribution >= 0.6 is 0 Å². The van der Waals surface area contributed by atoms with Crippen molar-refractivity contribution >= 4 is 0 Å². The van der Waals surface area contributed by atoms with Gasteiger partial charge in [0.1, 0.15) is 23.3 Å². The summed E-state index contributed by atoms with van der Waals surface area (Å²) < 4.78 is 5.34. The summed E-state index contributed by atoms with van der Waals surface area (Å²) in [5.41, 5.74) is 1.40. The minimum absolute atomic E-state index is 0.462. The van der Waals surface area contributed by atoms with E-state index in [2.05, 4.69) is 9.97 Å². The van der Waals surface area contributed by atoms with Gasteiger partial charge in [-0.15, -0.1) is 0 Å². The Labute approximate surface area is 93.5 Å². The summed E-state index contributed by atoms with van der Waals surface area (Å²) in [6.07, 6.45) is 1.52. The van der Waals surface area contributed by atoms with Gasteiger partial charge in [0.05, 0.1) is 12.8 Å². The van der Waals surface area contributed by atoms with E-state index in [4.69, 9.17) is 10.00 Å². The maximum absolute atomic E-state index is 8.67. The predicted molar refractivity (Wildman–Crippen MR) is 59.9 cm³/mol. The quantitative estimate of drug-likeness (QED) is 0.851. The molecule has 0 saturated heterocycles.